The van der Waals surface area contributed by atoms with Crippen LogP contribution in [-0.4, -0.2) is 35.6 Å². The summed E-state index contributed by atoms with van der Waals surface area (Å²) in [6.45, 7) is 5.54. The van der Waals surface area contributed by atoms with Gasteiger partial charge in [-0.25, -0.2) is 9.97 Å². The summed E-state index contributed by atoms with van der Waals surface area (Å²) in [6, 6.07) is 0.630. The second-order valence-corrected chi connectivity index (χ2v) is 5.34. The molecular weight excluding hydrogens is 224 g/mol. The molecule has 0 bridgehead atoms. The van der Waals surface area contributed by atoms with Gasteiger partial charge in [0, 0.05) is 30.9 Å². The first kappa shape index (κ1) is 11.9. The fraction of sp³-hybridized carbons (Fsp3) is 0.714. The van der Waals surface area contributed by atoms with Crippen LogP contribution in [-0.2, 0) is 12.8 Å². The van der Waals surface area contributed by atoms with Gasteiger partial charge in [0.05, 0.1) is 6.04 Å². The first-order chi connectivity index (χ1) is 8.90. The maximum absolute atomic E-state index is 4.60. The number of nitrogens with zero attached hydrogens (tertiary/aromatic N) is 3. The summed E-state index contributed by atoms with van der Waals surface area (Å²) < 4.78 is 0. The van der Waals surface area contributed by atoms with Crippen molar-refractivity contribution in [2.24, 2.45) is 0 Å². The molecule has 0 amide bonds. The molecule has 4 heteroatoms. The van der Waals surface area contributed by atoms with Gasteiger partial charge in [0.1, 0.15) is 12.1 Å². The van der Waals surface area contributed by atoms with Gasteiger partial charge in [-0.15, -0.1) is 0 Å². The van der Waals surface area contributed by atoms with E-state index in [0.29, 0.717) is 6.04 Å². The highest BCUT2D eigenvalue weighted by molar-refractivity contribution is 5.51. The van der Waals surface area contributed by atoms with Crippen LogP contribution < -0.4 is 10.2 Å². The highest BCUT2D eigenvalue weighted by Gasteiger charge is 2.28. The Kier molecular flexibility index (Phi) is 3.46. The van der Waals surface area contributed by atoms with Gasteiger partial charge in [-0.3, -0.25) is 0 Å². The molecule has 2 heterocycles. The molecule has 98 valence electrons. The van der Waals surface area contributed by atoms with E-state index in [9.17, 15) is 0 Å². The van der Waals surface area contributed by atoms with Gasteiger partial charge in [-0.05, 0) is 32.1 Å². The first-order valence-electron chi connectivity index (χ1n) is 7.20. The lowest BCUT2D eigenvalue weighted by Crippen LogP contribution is -2.58. The molecule has 4 nitrogen and oxygen atoms in total. The molecule has 1 saturated heterocycles. The van der Waals surface area contributed by atoms with Crippen LogP contribution >= 0.6 is 0 Å². The SMILES string of the molecule is CCCN(c1ncnc2c1CCCC2)C1CNC1. The molecule has 0 atom stereocenters. The van der Waals surface area contributed by atoms with Gasteiger partial charge >= 0.3 is 0 Å². The molecule has 3 rings (SSSR count). The third-order valence-electron chi connectivity index (χ3n) is 4.04. The van der Waals surface area contributed by atoms with Gasteiger partial charge in [0.2, 0.25) is 0 Å². The molecule has 0 unspecified atom stereocenters. The van der Waals surface area contributed by atoms with Crippen molar-refractivity contribution in [1.29, 1.82) is 0 Å². The lowest BCUT2D eigenvalue weighted by atomic mass is 9.95. The van der Waals surface area contributed by atoms with Gasteiger partial charge < -0.3 is 10.2 Å². The number of aromatic nitrogens is 2. The molecule has 0 spiro atoms. The number of fused-ring (bicyclic) bond motifs is 1. The standard InChI is InChI=1S/C14H22N4/c1-2-7-18(11-8-15-9-11)14-12-5-3-4-6-13(12)16-10-17-14/h10-11,15H,2-9H2,1H3. The average molecular weight is 246 g/mol. The molecule has 0 radical (unpaired) electrons. The number of rotatable bonds is 4. The zero-order chi connectivity index (χ0) is 12.4. The molecule has 18 heavy (non-hydrogen) atoms. The van der Waals surface area contributed by atoms with Crippen LogP contribution in [0.1, 0.15) is 37.4 Å². The molecule has 1 aliphatic heterocycles. The Morgan fingerprint density at radius 3 is 2.83 bits per heavy atom. The number of aryl methyl sites for hydroxylation is 1. The minimum absolute atomic E-state index is 0.630. The quantitative estimate of drug-likeness (QED) is 0.875. The minimum Gasteiger partial charge on any atom is -0.351 e. The van der Waals surface area contributed by atoms with E-state index in [2.05, 4.69) is 27.1 Å². The van der Waals surface area contributed by atoms with Crippen molar-refractivity contribution in [2.75, 3.05) is 24.5 Å². The fourth-order valence-corrected chi connectivity index (χ4v) is 2.95. The van der Waals surface area contributed by atoms with E-state index in [1.165, 1.54) is 36.3 Å². The summed E-state index contributed by atoms with van der Waals surface area (Å²) in [5.74, 6) is 1.22. The average Bonchev–Trinajstić information content (AvgIpc) is 2.35. The third-order valence-corrected chi connectivity index (χ3v) is 4.04. The van der Waals surface area contributed by atoms with Crippen molar-refractivity contribution in [3.05, 3.63) is 17.6 Å². The summed E-state index contributed by atoms with van der Waals surface area (Å²) in [6.07, 6.45) is 7.79. The summed E-state index contributed by atoms with van der Waals surface area (Å²) >= 11 is 0. The van der Waals surface area contributed by atoms with E-state index in [4.69, 9.17) is 0 Å². The molecular formula is C14H22N4. The van der Waals surface area contributed by atoms with Crippen molar-refractivity contribution in [3.8, 4) is 0 Å². The summed E-state index contributed by atoms with van der Waals surface area (Å²) in [5, 5.41) is 3.36. The van der Waals surface area contributed by atoms with Crippen molar-refractivity contribution < 1.29 is 0 Å². The van der Waals surface area contributed by atoms with E-state index >= 15 is 0 Å². The van der Waals surface area contributed by atoms with Crippen LogP contribution in [0.15, 0.2) is 6.33 Å². The number of anilines is 1. The fourth-order valence-electron chi connectivity index (χ4n) is 2.95. The maximum atomic E-state index is 4.60. The van der Waals surface area contributed by atoms with Crippen LogP contribution in [0.3, 0.4) is 0 Å². The molecule has 0 saturated carbocycles. The smallest absolute Gasteiger partial charge is 0.135 e. The zero-order valence-corrected chi connectivity index (χ0v) is 11.2. The second kappa shape index (κ2) is 5.22. The van der Waals surface area contributed by atoms with Crippen molar-refractivity contribution in [1.82, 2.24) is 15.3 Å². The van der Waals surface area contributed by atoms with Crippen LogP contribution in [0.5, 0.6) is 0 Å². The largest absolute Gasteiger partial charge is 0.351 e. The Morgan fingerprint density at radius 2 is 2.11 bits per heavy atom. The Hall–Kier alpha value is -1.16. The van der Waals surface area contributed by atoms with Crippen LogP contribution in [0.4, 0.5) is 5.82 Å². The molecule has 1 N–H and O–H groups in total. The maximum Gasteiger partial charge on any atom is 0.135 e. The van der Waals surface area contributed by atoms with Gasteiger partial charge in [0.15, 0.2) is 0 Å². The van der Waals surface area contributed by atoms with Crippen LogP contribution in [0.25, 0.3) is 0 Å². The van der Waals surface area contributed by atoms with E-state index in [1.54, 1.807) is 6.33 Å². The van der Waals surface area contributed by atoms with E-state index in [1.807, 2.05) is 0 Å². The Labute approximate surface area is 109 Å². The molecule has 1 aromatic rings. The topological polar surface area (TPSA) is 41.1 Å². The highest BCUT2D eigenvalue weighted by atomic mass is 15.3. The lowest BCUT2D eigenvalue weighted by molar-refractivity contribution is 0.409. The number of nitrogens with one attached hydrogen (secondary N) is 1. The molecule has 2 aliphatic rings. The summed E-state index contributed by atoms with van der Waals surface area (Å²) in [4.78, 5) is 11.6. The van der Waals surface area contributed by atoms with E-state index in [0.717, 1.165) is 32.5 Å². The minimum atomic E-state index is 0.630. The van der Waals surface area contributed by atoms with E-state index in [-0.39, 0.29) is 0 Å². The molecule has 1 aliphatic carbocycles. The Balaban J connectivity index is 1.92. The normalized spacial score (nSPS) is 19.2. The zero-order valence-electron chi connectivity index (χ0n) is 11.2. The molecule has 1 aromatic heterocycles. The van der Waals surface area contributed by atoms with Gasteiger partial charge in [-0.1, -0.05) is 6.92 Å². The molecule has 0 aromatic carbocycles. The predicted molar refractivity (Wildman–Crippen MR) is 73.0 cm³/mol. The third kappa shape index (κ3) is 2.09. The van der Waals surface area contributed by atoms with Crippen LogP contribution in [0, 0.1) is 0 Å². The van der Waals surface area contributed by atoms with Gasteiger partial charge in [0.25, 0.3) is 0 Å². The van der Waals surface area contributed by atoms with E-state index < -0.39 is 0 Å². The first-order valence-corrected chi connectivity index (χ1v) is 7.20. The van der Waals surface area contributed by atoms with Crippen LogP contribution in [0.2, 0.25) is 0 Å². The predicted octanol–water partition coefficient (Wildman–Crippen LogP) is 1.54. The second-order valence-electron chi connectivity index (χ2n) is 5.34. The van der Waals surface area contributed by atoms with Crippen molar-refractivity contribution >= 4 is 5.82 Å². The summed E-state index contributed by atoms with van der Waals surface area (Å²) in [7, 11) is 0. The highest BCUT2D eigenvalue weighted by Crippen LogP contribution is 2.28. The van der Waals surface area contributed by atoms with Gasteiger partial charge in [-0.2, -0.15) is 0 Å². The lowest BCUT2D eigenvalue weighted by Gasteiger charge is -2.40. The Morgan fingerprint density at radius 1 is 1.28 bits per heavy atom. The summed E-state index contributed by atoms with van der Waals surface area (Å²) in [5.41, 5.74) is 2.71. The molecule has 1 fully saturated rings. The van der Waals surface area contributed by atoms with Crippen molar-refractivity contribution in [3.63, 3.8) is 0 Å². The Bertz CT molecular complexity index is 414. The number of hydrogen-bond acceptors (Lipinski definition) is 4. The number of hydrogen-bond donors (Lipinski definition) is 1. The van der Waals surface area contributed by atoms with Crippen molar-refractivity contribution in [2.45, 2.75) is 45.1 Å². The monoisotopic (exact) mass is 246 g/mol.